The summed E-state index contributed by atoms with van der Waals surface area (Å²) in [6.07, 6.45) is 3.09. The van der Waals surface area contributed by atoms with Crippen molar-refractivity contribution in [2.75, 3.05) is 20.2 Å². The number of aryl methyl sites for hydroxylation is 1. The van der Waals surface area contributed by atoms with Crippen LogP contribution in [0, 0.1) is 0 Å². The SMILES string of the molecule is COc1ccc(C(=O)NCC(c2cccn2C)N2CCc3ccccc3C2)cc1. The Morgan fingerprint density at radius 3 is 2.52 bits per heavy atom. The zero-order valence-electron chi connectivity index (χ0n) is 17.0. The van der Waals surface area contributed by atoms with Crippen LogP contribution in [0.25, 0.3) is 0 Å². The van der Waals surface area contributed by atoms with Gasteiger partial charge in [0.05, 0.1) is 13.2 Å². The number of carbonyl (C=O) groups is 1. The zero-order valence-corrected chi connectivity index (χ0v) is 17.0. The van der Waals surface area contributed by atoms with Gasteiger partial charge in [0, 0.05) is 44.1 Å². The molecule has 29 heavy (non-hydrogen) atoms. The van der Waals surface area contributed by atoms with E-state index in [2.05, 4.69) is 64.4 Å². The van der Waals surface area contributed by atoms with Crippen LogP contribution in [0.4, 0.5) is 0 Å². The lowest BCUT2D eigenvalue weighted by atomic mass is 9.97. The Kier molecular flexibility index (Phi) is 5.67. The Bertz CT molecular complexity index is 978. The smallest absolute Gasteiger partial charge is 0.251 e. The van der Waals surface area contributed by atoms with E-state index in [0.717, 1.165) is 25.3 Å². The predicted molar refractivity (Wildman–Crippen MR) is 114 cm³/mol. The number of rotatable bonds is 6. The average molecular weight is 389 g/mol. The fraction of sp³-hybridized carbons (Fsp3) is 0.292. The topological polar surface area (TPSA) is 46.5 Å². The van der Waals surface area contributed by atoms with E-state index in [1.54, 1.807) is 19.2 Å². The van der Waals surface area contributed by atoms with Gasteiger partial charge in [-0.05, 0) is 53.9 Å². The first-order valence-corrected chi connectivity index (χ1v) is 10.00. The first kappa shape index (κ1) is 19.3. The van der Waals surface area contributed by atoms with Crippen LogP contribution < -0.4 is 10.1 Å². The van der Waals surface area contributed by atoms with Gasteiger partial charge >= 0.3 is 0 Å². The molecule has 2 aromatic carbocycles. The molecule has 0 aliphatic carbocycles. The van der Waals surface area contributed by atoms with Gasteiger partial charge in [-0.3, -0.25) is 9.69 Å². The van der Waals surface area contributed by atoms with E-state index in [9.17, 15) is 4.79 Å². The average Bonchev–Trinajstić information content (AvgIpc) is 3.19. The highest BCUT2D eigenvalue weighted by atomic mass is 16.5. The highest BCUT2D eigenvalue weighted by Gasteiger charge is 2.26. The van der Waals surface area contributed by atoms with Crippen LogP contribution in [0.15, 0.2) is 66.9 Å². The normalized spacial score (nSPS) is 14.8. The molecule has 1 aromatic heterocycles. The molecule has 0 spiro atoms. The monoisotopic (exact) mass is 389 g/mol. The van der Waals surface area contributed by atoms with Crippen molar-refractivity contribution in [1.29, 1.82) is 0 Å². The van der Waals surface area contributed by atoms with E-state index < -0.39 is 0 Å². The lowest BCUT2D eigenvalue weighted by Crippen LogP contribution is -2.41. The van der Waals surface area contributed by atoms with Crippen molar-refractivity contribution >= 4 is 5.91 Å². The Hall–Kier alpha value is -3.05. The zero-order chi connectivity index (χ0) is 20.2. The first-order valence-electron chi connectivity index (χ1n) is 10.00. The number of carbonyl (C=O) groups excluding carboxylic acids is 1. The highest BCUT2D eigenvalue weighted by Crippen LogP contribution is 2.27. The third kappa shape index (κ3) is 4.20. The maximum Gasteiger partial charge on any atom is 0.251 e. The van der Waals surface area contributed by atoms with Crippen LogP contribution in [0.3, 0.4) is 0 Å². The summed E-state index contributed by atoms with van der Waals surface area (Å²) in [5.74, 6) is 0.680. The number of aromatic nitrogens is 1. The van der Waals surface area contributed by atoms with Gasteiger partial charge in [0.15, 0.2) is 0 Å². The van der Waals surface area contributed by atoms with Gasteiger partial charge in [0.2, 0.25) is 0 Å². The van der Waals surface area contributed by atoms with Gasteiger partial charge in [0.1, 0.15) is 5.75 Å². The van der Waals surface area contributed by atoms with E-state index in [1.807, 2.05) is 12.1 Å². The van der Waals surface area contributed by atoms with Gasteiger partial charge in [-0.2, -0.15) is 0 Å². The van der Waals surface area contributed by atoms with Crippen LogP contribution >= 0.6 is 0 Å². The molecule has 0 bridgehead atoms. The number of amides is 1. The third-order valence-electron chi connectivity index (χ3n) is 5.73. The summed E-state index contributed by atoms with van der Waals surface area (Å²) >= 11 is 0. The molecule has 0 saturated heterocycles. The molecule has 150 valence electrons. The van der Waals surface area contributed by atoms with Gasteiger partial charge in [-0.25, -0.2) is 0 Å². The molecular formula is C24H27N3O2. The Morgan fingerprint density at radius 2 is 1.83 bits per heavy atom. The number of hydrogen-bond acceptors (Lipinski definition) is 3. The van der Waals surface area contributed by atoms with Gasteiger partial charge < -0.3 is 14.6 Å². The molecule has 1 amide bonds. The molecule has 0 fully saturated rings. The number of fused-ring (bicyclic) bond motifs is 1. The van der Waals surface area contributed by atoms with Crippen molar-refractivity contribution in [2.45, 2.75) is 19.0 Å². The number of hydrogen-bond donors (Lipinski definition) is 1. The van der Waals surface area contributed by atoms with Crippen molar-refractivity contribution in [3.8, 4) is 5.75 Å². The van der Waals surface area contributed by atoms with Gasteiger partial charge in [-0.1, -0.05) is 24.3 Å². The van der Waals surface area contributed by atoms with Crippen molar-refractivity contribution in [1.82, 2.24) is 14.8 Å². The largest absolute Gasteiger partial charge is 0.497 e. The number of ether oxygens (including phenoxy) is 1. The van der Waals surface area contributed by atoms with Crippen molar-refractivity contribution in [3.05, 3.63) is 89.2 Å². The molecule has 0 saturated carbocycles. The summed E-state index contributed by atoms with van der Waals surface area (Å²) < 4.78 is 7.32. The summed E-state index contributed by atoms with van der Waals surface area (Å²) in [6.45, 7) is 2.43. The van der Waals surface area contributed by atoms with Gasteiger partial charge in [-0.15, -0.1) is 0 Å². The van der Waals surface area contributed by atoms with E-state index in [4.69, 9.17) is 4.74 Å². The van der Waals surface area contributed by atoms with Crippen molar-refractivity contribution < 1.29 is 9.53 Å². The Balaban J connectivity index is 1.51. The summed E-state index contributed by atoms with van der Waals surface area (Å²) in [5, 5.41) is 3.14. The Morgan fingerprint density at radius 1 is 1.07 bits per heavy atom. The molecule has 1 N–H and O–H groups in total. The fourth-order valence-electron chi connectivity index (χ4n) is 4.06. The Labute approximate surface area is 171 Å². The lowest BCUT2D eigenvalue weighted by molar-refractivity contribution is 0.0925. The third-order valence-corrected chi connectivity index (χ3v) is 5.73. The lowest BCUT2D eigenvalue weighted by Gasteiger charge is -2.36. The minimum atomic E-state index is -0.0655. The maximum atomic E-state index is 12.7. The molecule has 1 aliphatic heterocycles. The maximum absolute atomic E-state index is 12.7. The minimum Gasteiger partial charge on any atom is -0.497 e. The fourth-order valence-corrected chi connectivity index (χ4v) is 4.06. The number of benzene rings is 2. The molecule has 5 nitrogen and oxygen atoms in total. The minimum absolute atomic E-state index is 0.0655. The summed E-state index contributed by atoms with van der Waals surface area (Å²) in [7, 11) is 3.68. The second kappa shape index (κ2) is 8.53. The van der Waals surface area contributed by atoms with Crippen LogP contribution in [0.1, 0.15) is 33.2 Å². The molecule has 4 rings (SSSR count). The van der Waals surface area contributed by atoms with Crippen LogP contribution in [-0.2, 0) is 20.0 Å². The van der Waals surface area contributed by atoms with Crippen molar-refractivity contribution in [3.63, 3.8) is 0 Å². The van der Waals surface area contributed by atoms with Crippen LogP contribution in [0.2, 0.25) is 0 Å². The molecule has 1 atom stereocenters. The molecule has 2 heterocycles. The predicted octanol–water partition coefficient (Wildman–Crippen LogP) is 3.56. The first-order chi connectivity index (χ1) is 14.2. The molecular weight excluding hydrogens is 362 g/mol. The molecule has 3 aromatic rings. The number of methoxy groups -OCH3 is 1. The summed E-state index contributed by atoms with van der Waals surface area (Å²) in [5.41, 5.74) is 4.65. The standard InChI is InChI=1S/C24H27N3O2/c1-26-14-5-8-22(26)23(27-15-13-18-6-3-4-7-20(18)17-27)16-25-24(28)19-9-11-21(29-2)12-10-19/h3-12,14,23H,13,15-17H2,1-2H3,(H,25,28). The summed E-state index contributed by atoms with van der Waals surface area (Å²) in [6, 6.07) is 20.2. The van der Waals surface area contributed by atoms with Crippen molar-refractivity contribution in [2.24, 2.45) is 7.05 Å². The highest BCUT2D eigenvalue weighted by molar-refractivity contribution is 5.94. The number of nitrogens with zero attached hydrogens (tertiary/aromatic N) is 2. The second-order valence-corrected chi connectivity index (χ2v) is 7.49. The molecule has 1 aliphatic rings. The van der Waals surface area contributed by atoms with E-state index in [0.29, 0.717) is 12.1 Å². The van der Waals surface area contributed by atoms with E-state index in [-0.39, 0.29) is 11.9 Å². The van der Waals surface area contributed by atoms with Crippen LogP contribution in [0.5, 0.6) is 5.75 Å². The van der Waals surface area contributed by atoms with E-state index >= 15 is 0 Å². The molecule has 5 heteroatoms. The molecule has 1 unspecified atom stereocenters. The second-order valence-electron chi connectivity index (χ2n) is 7.49. The summed E-state index contributed by atoms with van der Waals surface area (Å²) in [4.78, 5) is 15.2. The van der Waals surface area contributed by atoms with Gasteiger partial charge in [0.25, 0.3) is 5.91 Å². The van der Waals surface area contributed by atoms with Crippen LogP contribution in [-0.4, -0.2) is 35.6 Å². The van der Waals surface area contributed by atoms with E-state index in [1.165, 1.54) is 16.8 Å². The number of nitrogens with one attached hydrogen (secondary N) is 1. The quantitative estimate of drug-likeness (QED) is 0.701. The molecule has 0 radical (unpaired) electrons.